The molecule has 0 radical (unpaired) electrons. The van der Waals surface area contributed by atoms with Gasteiger partial charge in [-0.3, -0.25) is 14.9 Å². The third-order valence-corrected chi connectivity index (χ3v) is 5.03. The number of rotatable bonds is 4. The predicted octanol–water partition coefficient (Wildman–Crippen LogP) is 4.29. The maximum Gasteiger partial charge on any atom is 0.250 e. The summed E-state index contributed by atoms with van der Waals surface area (Å²) in [6.45, 7) is 1.58. The molecule has 7 nitrogen and oxygen atoms in total. The number of nitrogens with zero attached hydrogens (tertiary/aromatic N) is 1. The first-order valence-corrected chi connectivity index (χ1v) is 9.44. The molecule has 1 aliphatic heterocycles. The fraction of sp³-hybridized carbons (Fsp3) is 0.105. The number of thiazole rings is 1. The number of halogens is 1. The number of aromatic nitrogens is 1. The van der Waals surface area contributed by atoms with Crippen LogP contribution in [0.5, 0.6) is 11.5 Å². The van der Waals surface area contributed by atoms with E-state index >= 15 is 0 Å². The number of hydrogen-bond donors (Lipinski definition) is 2. The molecule has 28 heavy (non-hydrogen) atoms. The van der Waals surface area contributed by atoms with Crippen LogP contribution in [0.3, 0.4) is 0 Å². The van der Waals surface area contributed by atoms with Gasteiger partial charge in [0.25, 0.3) is 0 Å². The van der Waals surface area contributed by atoms with Crippen molar-refractivity contribution in [2.75, 3.05) is 17.4 Å². The molecule has 2 heterocycles. The molecule has 0 unspecified atom stereocenters. The fourth-order valence-corrected chi connectivity index (χ4v) is 3.84. The Labute approximate surface area is 168 Å². The van der Waals surface area contributed by atoms with Gasteiger partial charge >= 0.3 is 0 Å². The number of fused-ring (bicyclic) bond motifs is 2. The Morgan fingerprint density at radius 1 is 1.21 bits per heavy atom. The van der Waals surface area contributed by atoms with E-state index in [1.807, 2.05) is 6.07 Å². The van der Waals surface area contributed by atoms with Crippen molar-refractivity contribution in [2.24, 2.45) is 0 Å². The topological polar surface area (TPSA) is 89.6 Å². The van der Waals surface area contributed by atoms with Crippen LogP contribution in [0.25, 0.3) is 16.3 Å². The number of amides is 2. The average Bonchev–Trinajstić information content (AvgIpc) is 3.25. The Bertz CT molecular complexity index is 1130. The minimum atomic E-state index is -0.324. The molecule has 2 aromatic carbocycles. The molecule has 2 amide bonds. The fourth-order valence-electron chi connectivity index (χ4n) is 2.66. The van der Waals surface area contributed by atoms with Crippen molar-refractivity contribution in [3.63, 3.8) is 0 Å². The van der Waals surface area contributed by atoms with Gasteiger partial charge < -0.3 is 14.8 Å². The summed E-state index contributed by atoms with van der Waals surface area (Å²) in [5, 5.41) is 6.35. The first-order valence-electron chi connectivity index (χ1n) is 8.24. The minimum absolute atomic E-state index is 0.129. The van der Waals surface area contributed by atoms with Gasteiger partial charge in [-0.05, 0) is 42.0 Å². The molecule has 2 N–H and O–H groups in total. The lowest BCUT2D eigenvalue weighted by atomic mass is 10.2. The molecule has 0 saturated heterocycles. The van der Waals surface area contributed by atoms with Crippen molar-refractivity contribution in [1.82, 2.24) is 4.98 Å². The van der Waals surface area contributed by atoms with Crippen molar-refractivity contribution < 1.29 is 19.1 Å². The van der Waals surface area contributed by atoms with Gasteiger partial charge in [-0.25, -0.2) is 4.98 Å². The predicted molar refractivity (Wildman–Crippen MR) is 109 cm³/mol. The second-order valence-corrected chi connectivity index (χ2v) is 7.38. The van der Waals surface area contributed by atoms with Crippen molar-refractivity contribution in [2.45, 2.75) is 6.92 Å². The lowest BCUT2D eigenvalue weighted by Crippen LogP contribution is -2.07. The van der Waals surface area contributed by atoms with E-state index < -0.39 is 0 Å². The molecule has 142 valence electrons. The summed E-state index contributed by atoms with van der Waals surface area (Å²) in [6.07, 6.45) is 3.02. The number of carbonyl (C=O) groups is 2. The van der Waals surface area contributed by atoms with E-state index in [9.17, 15) is 9.59 Å². The van der Waals surface area contributed by atoms with Crippen LogP contribution in [-0.4, -0.2) is 23.6 Å². The van der Waals surface area contributed by atoms with Crippen molar-refractivity contribution in [3.05, 3.63) is 47.0 Å². The highest BCUT2D eigenvalue weighted by Gasteiger charge is 2.17. The maximum absolute atomic E-state index is 12.2. The molecule has 0 spiro atoms. The van der Waals surface area contributed by atoms with E-state index in [-0.39, 0.29) is 18.6 Å². The van der Waals surface area contributed by atoms with Crippen molar-refractivity contribution >= 4 is 61.9 Å². The molecule has 3 aromatic rings. The van der Waals surface area contributed by atoms with Gasteiger partial charge in [0.1, 0.15) is 0 Å². The van der Waals surface area contributed by atoms with Gasteiger partial charge in [0.05, 0.1) is 15.2 Å². The summed E-state index contributed by atoms with van der Waals surface area (Å²) in [7, 11) is 0. The lowest BCUT2D eigenvalue weighted by molar-refractivity contribution is -0.114. The van der Waals surface area contributed by atoms with Gasteiger partial charge in [0, 0.05) is 18.7 Å². The van der Waals surface area contributed by atoms with Crippen LogP contribution >= 0.6 is 22.9 Å². The number of anilines is 2. The molecular weight excluding hydrogens is 402 g/mol. The minimum Gasteiger partial charge on any atom is -0.454 e. The molecule has 0 aliphatic carbocycles. The van der Waals surface area contributed by atoms with Crippen LogP contribution < -0.4 is 20.1 Å². The third kappa shape index (κ3) is 3.92. The van der Waals surface area contributed by atoms with Crippen LogP contribution in [0.2, 0.25) is 5.02 Å². The Morgan fingerprint density at radius 2 is 2.07 bits per heavy atom. The van der Waals surface area contributed by atoms with Gasteiger partial charge in [-0.15, -0.1) is 0 Å². The zero-order valence-electron chi connectivity index (χ0n) is 14.6. The van der Waals surface area contributed by atoms with Gasteiger partial charge in [0.15, 0.2) is 16.6 Å². The zero-order chi connectivity index (χ0) is 19.7. The molecule has 0 saturated carbocycles. The molecule has 0 atom stereocenters. The summed E-state index contributed by atoms with van der Waals surface area (Å²) in [4.78, 5) is 27.7. The van der Waals surface area contributed by atoms with Gasteiger partial charge in [-0.2, -0.15) is 0 Å². The summed E-state index contributed by atoms with van der Waals surface area (Å²) in [5.41, 5.74) is 2.13. The SMILES string of the molecule is CC(=O)Nc1ccc2nc(NC(=O)/C=C/c3cc(Cl)c4c(c3)OCO4)sc2c1. The summed E-state index contributed by atoms with van der Waals surface area (Å²) >= 11 is 7.46. The standard InChI is InChI=1S/C19H14ClN3O4S/c1-10(24)21-12-3-4-14-16(8-12)28-19(22-14)23-17(25)5-2-11-6-13(20)18-15(7-11)26-9-27-18/h2-8H,9H2,1H3,(H,21,24)(H,22,23,25)/b5-2+. The van der Waals surface area contributed by atoms with Crippen LogP contribution in [0, 0.1) is 0 Å². The third-order valence-electron chi connectivity index (χ3n) is 3.82. The summed E-state index contributed by atoms with van der Waals surface area (Å²) < 4.78 is 11.4. The molecule has 0 fully saturated rings. The average molecular weight is 416 g/mol. The van der Waals surface area contributed by atoms with Crippen LogP contribution in [0.1, 0.15) is 12.5 Å². The Balaban J connectivity index is 1.47. The van der Waals surface area contributed by atoms with E-state index in [0.717, 1.165) is 10.2 Å². The number of hydrogen-bond acceptors (Lipinski definition) is 6. The van der Waals surface area contributed by atoms with Crippen LogP contribution in [0.4, 0.5) is 10.8 Å². The first-order chi connectivity index (χ1) is 13.5. The van der Waals surface area contributed by atoms with E-state index in [0.29, 0.717) is 32.9 Å². The molecule has 1 aliphatic rings. The molecule has 0 bridgehead atoms. The molecule has 1 aromatic heterocycles. The smallest absolute Gasteiger partial charge is 0.250 e. The van der Waals surface area contributed by atoms with Crippen LogP contribution in [-0.2, 0) is 9.59 Å². The normalized spacial score (nSPS) is 12.5. The summed E-state index contributed by atoms with van der Waals surface area (Å²) in [5.74, 6) is 0.589. The quantitative estimate of drug-likeness (QED) is 0.620. The summed E-state index contributed by atoms with van der Waals surface area (Å²) in [6, 6.07) is 8.81. The van der Waals surface area contributed by atoms with Crippen molar-refractivity contribution in [1.29, 1.82) is 0 Å². The van der Waals surface area contributed by atoms with Crippen molar-refractivity contribution in [3.8, 4) is 11.5 Å². The maximum atomic E-state index is 12.2. The Morgan fingerprint density at radius 3 is 2.89 bits per heavy atom. The van der Waals surface area contributed by atoms with Gasteiger partial charge in [-0.1, -0.05) is 22.9 Å². The highest BCUT2D eigenvalue weighted by atomic mass is 35.5. The first kappa shape index (κ1) is 18.3. The number of carbonyl (C=O) groups excluding carboxylic acids is 2. The Kier molecular flexibility index (Phi) is 4.89. The monoisotopic (exact) mass is 415 g/mol. The second kappa shape index (κ2) is 7.49. The second-order valence-electron chi connectivity index (χ2n) is 5.94. The number of nitrogens with one attached hydrogen (secondary N) is 2. The largest absolute Gasteiger partial charge is 0.454 e. The lowest BCUT2D eigenvalue weighted by Gasteiger charge is -2.01. The Hall–Kier alpha value is -3.10. The zero-order valence-corrected chi connectivity index (χ0v) is 16.2. The molecular formula is C19H14ClN3O4S. The van der Waals surface area contributed by atoms with E-state index in [1.54, 1.807) is 30.3 Å². The van der Waals surface area contributed by atoms with Crippen LogP contribution in [0.15, 0.2) is 36.4 Å². The number of benzene rings is 2. The highest BCUT2D eigenvalue weighted by Crippen LogP contribution is 2.40. The van der Waals surface area contributed by atoms with E-state index in [1.165, 1.54) is 24.3 Å². The van der Waals surface area contributed by atoms with E-state index in [4.69, 9.17) is 21.1 Å². The number of ether oxygens (including phenoxy) is 2. The van der Waals surface area contributed by atoms with E-state index in [2.05, 4.69) is 15.6 Å². The highest BCUT2D eigenvalue weighted by molar-refractivity contribution is 7.22. The molecule has 4 rings (SSSR count). The van der Waals surface area contributed by atoms with Gasteiger partial charge in [0.2, 0.25) is 18.6 Å². The molecule has 9 heteroatoms.